The second-order valence-corrected chi connectivity index (χ2v) is 7.69. The summed E-state index contributed by atoms with van der Waals surface area (Å²) in [7, 11) is 0. The average molecular weight is 349 g/mol. The van der Waals surface area contributed by atoms with E-state index in [0.717, 1.165) is 5.56 Å². The summed E-state index contributed by atoms with van der Waals surface area (Å²) in [6.07, 6.45) is -0.939. The van der Waals surface area contributed by atoms with Crippen molar-refractivity contribution >= 4 is 12.1 Å². The van der Waals surface area contributed by atoms with Crippen LogP contribution in [0, 0.1) is 5.92 Å². The maximum atomic E-state index is 12.3. The lowest BCUT2D eigenvalue weighted by atomic mass is 9.84. The van der Waals surface area contributed by atoms with E-state index in [1.807, 2.05) is 37.3 Å². The van der Waals surface area contributed by atoms with Crippen molar-refractivity contribution in [1.29, 1.82) is 0 Å². The third-order valence-corrected chi connectivity index (χ3v) is 3.80. The number of ether oxygens (including phenoxy) is 2. The van der Waals surface area contributed by atoms with Gasteiger partial charge in [0.1, 0.15) is 17.7 Å². The molecule has 1 N–H and O–H groups in total. The van der Waals surface area contributed by atoms with Crippen LogP contribution < -0.4 is 5.32 Å². The fraction of sp³-hybridized carbons (Fsp3) is 0.600. The van der Waals surface area contributed by atoms with E-state index in [4.69, 9.17) is 9.47 Å². The molecule has 0 unspecified atom stereocenters. The van der Waals surface area contributed by atoms with E-state index in [1.165, 1.54) is 0 Å². The minimum atomic E-state index is -0.777. The lowest BCUT2D eigenvalue weighted by molar-refractivity contribution is -0.152. The van der Waals surface area contributed by atoms with Crippen LogP contribution in [0.5, 0.6) is 0 Å². The van der Waals surface area contributed by atoms with E-state index < -0.39 is 23.7 Å². The van der Waals surface area contributed by atoms with Gasteiger partial charge in [-0.3, -0.25) is 0 Å². The first kappa shape index (κ1) is 21.0. The van der Waals surface area contributed by atoms with Crippen LogP contribution in [-0.2, 0) is 14.3 Å². The van der Waals surface area contributed by atoms with Crippen LogP contribution in [0.1, 0.15) is 59.9 Å². The molecule has 1 aromatic rings. The van der Waals surface area contributed by atoms with Gasteiger partial charge in [0.25, 0.3) is 0 Å². The molecule has 25 heavy (non-hydrogen) atoms. The highest BCUT2D eigenvalue weighted by molar-refractivity contribution is 5.81. The number of alkyl carbamates (subject to hydrolysis) is 1. The third-order valence-electron chi connectivity index (χ3n) is 3.80. The molecule has 0 saturated carbocycles. The molecule has 5 nitrogen and oxygen atoms in total. The number of carbonyl (C=O) groups is 2. The van der Waals surface area contributed by atoms with Gasteiger partial charge in [-0.1, -0.05) is 44.2 Å². The van der Waals surface area contributed by atoms with Gasteiger partial charge in [0, 0.05) is 5.92 Å². The summed E-state index contributed by atoms with van der Waals surface area (Å²) in [6, 6.07) is 9.22. The summed E-state index contributed by atoms with van der Waals surface area (Å²) >= 11 is 0. The van der Waals surface area contributed by atoms with Gasteiger partial charge in [0.05, 0.1) is 0 Å². The van der Waals surface area contributed by atoms with Crippen molar-refractivity contribution in [3.05, 3.63) is 35.9 Å². The highest BCUT2D eigenvalue weighted by Gasteiger charge is 2.28. The molecule has 1 rings (SSSR count). The minimum Gasteiger partial charge on any atom is -0.460 e. The molecule has 0 bridgehead atoms. The average Bonchev–Trinajstić information content (AvgIpc) is 2.45. The largest absolute Gasteiger partial charge is 0.460 e. The Kier molecular flexibility index (Phi) is 7.46. The van der Waals surface area contributed by atoms with Crippen molar-refractivity contribution in [2.24, 2.45) is 5.92 Å². The highest BCUT2D eigenvalue weighted by atomic mass is 16.6. The molecule has 0 aliphatic rings. The molecule has 1 amide bonds. The van der Waals surface area contributed by atoms with Crippen LogP contribution in [0.15, 0.2) is 30.3 Å². The smallest absolute Gasteiger partial charge is 0.408 e. The fourth-order valence-electron chi connectivity index (χ4n) is 2.78. The van der Waals surface area contributed by atoms with Crippen LogP contribution >= 0.6 is 0 Å². The van der Waals surface area contributed by atoms with Gasteiger partial charge >= 0.3 is 12.1 Å². The third kappa shape index (κ3) is 7.16. The normalized spacial score (nSPS) is 15.2. The predicted molar refractivity (Wildman–Crippen MR) is 98.4 cm³/mol. The van der Waals surface area contributed by atoms with Gasteiger partial charge in [0.2, 0.25) is 0 Å². The number of amides is 1. The Hall–Kier alpha value is -2.04. The zero-order chi connectivity index (χ0) is 19.2. The topological polar surface area (TPSA) is 64.6 Å². The van der Waals surface area contributed by atoms with Gasteiger partial charge in [-0.05, 0) is 46.1 Å². The maximum absolute atomic E-state index is 12.3. The SMILES string of the molecule is CC(C)[C@@H](c1ccccc1)[C@H](C)OC(=O)[C@H](C)NC(=O)OC(C)(C)C. The van der Waals surface area contributed by atoms with Crippen molar-refractivity contribution in [2.75, 3.05) is 0 Å². The van der Waals surface area contributed by atoms with Crippen molar-refractivity contribution < 1.29 is 19.1 Å². The van der Waals surface area contributed by atoms with Crippen LogP contribution in [0.25, 0.3) is 0 Å². The predicted octanol–water partition coefficient (Wildman–Crippen LogP) is 4.27. The second kappa shape index (κ2) is 8.88. The summed E-state index contributed by atoms with van der Waals surface area (Å²) in [5.41, 5.74) is 0.516. The van der Waals surface area contributed by atoms with Crippen molar-refractivity contribution in [1.82, 2.24) is 5.32 Å². The van der Waals surface area contributed by atoms with Crippen LogP contribution in [0.2, 0.25) is 0 Å². The molecule has 0 aliphatic heterocycles. The molecule has 0 radical (unpaired) electrons. The molecule has 3 atom stereocenters. The zero-order valence-electron chi connectivity index (χ0n) is 16.3. The summed E-state index contributed by atoms with van der Waals surface area (Å²) in [6.45, 7) is 13.0. The van der Waals surface area contributed by atoms with E-state index in [2.05, 4.69) is 19.2 Å². The summed E-state index contributed by atoms with van der Waals surface area (Å²) in [5.74, 6) is -0.0851. The molecule has 0 saturated heterocycles. The van der Waals surface area contributed by atoms with Gasteiger partial charge in [-0.15, -0.1) is 0 Å². The highest BCUT2D eigenvalue weighted by Crippen LogP contribution is 2.29. The Labute approximate surface area is 151 Å². The quantitative estimate of drug-likeness (QED) is 0.779. The van der Waals surface area contributed by atoms with E-state index in [-0.39, 0.29) is 12.0 Å². The van der Waals surface area contributed by atoms with E-state index in [0.29, 0.717) is 5.92 Å². The number of carbonyl (C=O) groups excluding carboxylic acids is 2. The molecular weight excluding hydrogens is 318 g/mol. The number of hydrogen-bond acceptors (Lipinski definition) is 4. The van der Waals surface area contributed by atoms with Gasteiger partial charge in [-0.25, -0.2) is 9.59 Å². The van der Waals surface area contributed by atoms with Crippen LogP contribution in [0.3, 0.4) is 0 Å². The van der Waals surface area contributed by atoms with Crippen LogP contribution in [0.4, 0.5) is 4.79 Å². The molecule has 0 spiro atoms. The molecule has 0 aromatic heterocycles. The van der Waals surface area contributed by atoms with E-state index in [9.17, 15) is 9.59 Å². The fourth-order valence-corrected chi connectivity index (χ4v) is 2.78. The Balaban J connectivity index is 2.69. The Bertz CT molecular complexity index is 563. The number of esters is 1. The molecular formula is C20H31NO4. The first-order chi connectivity index (χ1) is 11.5. The van der Waals surface area contributed by atoms with Gasteiger partial charge in [-0.2, -0.15) is 0 Å². The second-order valence-electron chi connectivity index (χ2n) is 7.69. The molecule has 0 heterocycles. The van der Waals surface area contributed by atoms with Gasteiger partial charge < -0.3 is 14.8 Å². The number of benzene rings is 1. The molecule has 140 valence electrons. The number of rotatable bonds is 6. The number of nitrogens with one attached hydrogen (secondary N) is 1. The Morgan fingerprint density at radius 1 is 1.00 bits per heavy atom. The van der Waals surface area contributed by atoms with E-state index in [1.54, 1.807) is 27.7 Å². The molecule has 0 aliphatic carbocycles. The molecule has 1 aromatic carbocycles. The summed E-state index contributed by atoms with van der Waals surface area (Å²) in [4.78, 5) is 24.1. The lowest BCUT2D eigenvalue weighted by Crippen LogP contribution is -2.43. The van der Waals surface area contributed by atoms with Gasteiger partial charge in [0.15, 0.2) is 0 Å². The Morgan fingerprint density at radius 2 is 1.56 bits per heavy atom. The first-order valence-electron chi connectivity index (χ1n) is 8.76. The van der Waals surface area contributed by atoms with Crippen molar-refractivity contribution in [3.8, 4) is 0 Å². The number of hydrogen-bond donors (Lipinski definition) is 1. The monoisotopic (exact) mass is 349 g/mol. The summed E-state index contributed by atoms with van der Waals surface area (Å²) in [5, 5.41) is 2.51. The summed E-state index contributed by atoms with van der Waals surface area (Å²) < 4.78 is 10.8. The zero-order valence-corrected chi connectivity index (χ0v) is 16.3. The maximum Gasteiger partial charge on any atom is 0.408 e. The van der Waals surface area contributed by atoms with Crippen molar-refractivity contribution in [2.45, 2.75) is 72.1 Å². The molecule has 0 fully saturated rings. The first-order valence-corrected chi connectivity index (χ1v) is 8.76. The van der Waals surface area contributed by atoms with E-state index >= 15 is 0 Å². The minimum absolute atomic E-state index is 0.0823. The lowest BCUT2D eigenvalue weighted by Gasteiger charge is -2.29. The van der Waals surface area contributed by atoms with Crippen LogP contribution in [-0.4, -0.2) is 29.8 Å². The molecule has 5 heteroatoms. The standard InChI is InChI=1S/C20H31NO4/c1-13(2)17(16-11-9-8-10-12-16)15(4)24-18(22)14(3)21-19(23)25-20(5,6)7/h8-15,17H,1-7H3,(H,21,23)/t14-,15-,17+/m0/s1. The van der Waals surface area contributed by atoms with Crippen molar-refractivity contribution in [3.63, 3.8) is 0 Å². The Morgan fingerprint density at radius 3 is 2.04 bits per heavy atom.